The van der Waals surface area contributed by atoms with E-state index in [0.717, 1.165) is 30.3 Å². The van der Waals surface area contributed by atoms with Crippen molar-refractivity contribution >= 4 is 20.9 Å². The van der Waals surface area contributed by atoms with Crippen molar-refractivity contribution in [3.05, 3.63) is 36.0 Å². The Labute approximate surface area is 131 Å². The number of hydrogen-bond donors (Lipinski definition) is 2. The lowest BCUT2D eigenvalue weighted by Gasteiger charge is -2.30. The van der Waals surface area contributed by atoms with Crippen LogP contribution in [0.5, 0.6) is 0 Å². The summed E-state index contributed by atoms with van der Waals surface area (Å²) >= 11 is 0. The molecule has 2 N–H and O–H groups in total. The Balaban J connectivity index is 1.98. The van der Waals surface area contributed by atoms with E-state index in [-0.39, 0.29) is 17.0 Å². The molecule has 0 aliphatic carbocycles. The predicted molar refractivity (Wildman–Crippen MR) is 87.3 cm³/mol. The number of fused-ring (bicyclic) bond motifs is 1. The van der Waals surface area contributed by atoms with Crippen molar-refractivity contribution in [3.8, 4) is 0 Å². The van der Waals surface area contributed by atoms with Gasteiger partial charge in [0.2, 0.25) is 10.0 Å². The predicted octanol–water partition coefficient (Wildman–Crippen LogP) is 1.96. The van der Waals surface area contributed by atoms with Crippen LogP contribution in [0.4, 0.5) is 0 Å². The van der Waals surface area contributed by atoms with Crippen LogP contribution in [0.3, 0.4) is 0 Å². The smallest absolute Gasteiger partial charge is 0.243 e. The summed E-state index contributed by atoms with van der Waals surface area (Å²) in [5.74, 6) is 0. The topological polar surface area (TPSA) is 71.1 Å². The average molecular weight is 319 g/mol. The average Bonchev–Trinajstić information content (AvgIpc) is 2.48. The van der Waals surface area contributed by atoms with E-state index in [2.05, 4.69) is 15.0 Å². The van der Waals surface area contributed by atoms with Crippen LogP contribution >= 0.6 is 0 Å². The monoisotopic (exact) mass is 319 g/mol. The number of benzene rings is 1. The van der Waals surface area contributed by atoms with Crippen LogP contribution in [0, 0.1) is 6.92 Å². The minimum Gasteiger partial charge on any atom is -0.313 e. The van der Waals surface area contributed by atoms with E-state index >= 15 is 0 Å². The Morgan fingerprint density at radius 3 is 2.95 bits per heavy atom. The summed E-state index contributed by atoms with van der Waals surface area (Å²) in [5, 5.41) is 4.15. The quantitative estimate of drug-likeness (QED) is 0.907. The third-order valence-electron chi connectivity index (χ3n) is 4.17. The Morgan fingerprint density at radius 1 is 1.36 bits per heavy atom. The summed E-state index contributed by atoms with van der Waals surface area (Å²) in [6.07, 6.45) is 3.53. The number of hydrogen-bond acceptors (Lipinski definition) is 4. The third-order valence-corrected chi connectivity index (χ3v) is 5.69. The number of aromatic nitrogens is 1. The highest BCUT2D eigenvalue weighted by Crippen LogP contribution is 2.23. The van der Waals surface area contributed by atoms with Gasteiger partial charge < -0.3 is 5.32 Å². The molecule has 1 fully saturated rings. The molecule has 1 saturated heterocycles. The summed E-state index contributed by atoms with van der Waals surface area (Å²) in [7, 11) is -3.58. The molecule has 2 aromatic rings. The standard InChI is InChI=1S/C16H21N3O2S/c1-11-9-13-5-3-7-15(16(13)18-10-11)22(20,21)19-14-6-4-8-17-12(14)2/h3,5,7,9-10,12,14,17,19H,4,6,8H2,1-2H3. The number of nitrogens with zero attached hydrogens (tertiary/aromatic N) is 1. The second-order valence-electron chi connectivity index (χ2n) is 5.95. The summed E-state index contributed by atoms with van der Waals surface area (Å²) in [6.45, 7) is 4.90. The maximum absolute atomic E-state index is 12.8. The van der Waals surface area contributed by atoms with Crippen molar-refractivity contribution < 1.29 is 8.42 Å². The van der Waals surface area contributed by atoms with Gasteiger partial charge in [-0.2, -0.15) is 0 Å². The molecule has 2 heterocycles. The summed E-state index contributed by atoms with van der Waals surface area (Å²) in [6, 6.07) is 7.27. The minimum atomic E-state index is -3.58. The van der Waals surface area contributed by atoms with E-state index in [0.29, 0.717) is 5.52 Å². The van der Waals surface area contributed by atoms with Gasteiger partial charge in [0.05, 0.1) is 5.52 Å². The lowest BCUT2D eigenvalue weighted by atomic mass is 10.0. The van der Waals surface area contributed by atoms with Gasteiger partial charge in [0.15, 0.2) is 0 Å². The molecule has 1 aromatic carbocycles. The number of sulfonamides is 1. The molecule has 0 radical (unpaired) electrons. The number of piperidine rings is 1. The summed E-state index contributed by atoms with van der Waals surface area (Å²) in [4.78, 5) is 4.58. The van der Waals surface area contributed by atoms with Gasteiger partial charge in [-0.1, -0.05) is 12.1 Å². The van der Waals surface area contributed by atoms with E-state index in [1.54, 1.807) is 18.3 Å². The maximum atomic E-state index is 12.8. The van der Waals surface area contributed by atoms with Crippen LogP contribution in [-0.4, -0.2) is 32.0 Å². The lowest BCUT2D eigenvalue weighted by molar-refractivity contribution is 0.349. The van der Waals surface area contributed by atoms with Crippen molar-refractivity contribution in [2.24, 2.45) is 0 Å². The molecule has 3 rings (SSSR count). The third kappa shape index (κ3) is 2.99. The van der Waals surface area contributed by atoms with Crippen molar-refractivity contribution in [2.75, 3.05) is 6.54 Å². The molecule has 1 aliphatic rings. The maximum Gasteiger partial charge on any atom is 0.243 e. The molecule has 118 valence electrons. The van der Waals surface area contributed by atoms with Gasteiger partial charge >= 0.3 is 0 Å². The van der Waals surface area contributed by atoms with E-state index in [4.69, 9.17) is 0 Å². The van der Waals surface area contributed by atoms with Crippen molar-refractivity contribution in [1.29, 1.82) is 0 Å². The second kappa shape index (κ2) is 5.95. The van der Waals surface area contributed by atoms with Gasteiger partial charge in [-0.05, 0) is 50.9 Å². The highest BCUT2D eigenvalue weighted by atomic mass is 32.2. The zero-order chi connectivity index (χ0) is 15.7. The van der Waals surface area contributed by atoms with Crippen LogP contribution < -0.4 is 10.0 Å². The van der Waals surface area contributed by atoms with Crippen molar-refractivity contribution in [2.45, 2.75) is 43.7 Å². The fraction of sp³-hybridized carbons (Fsp3) is 0.438. The fourth-order valence-corrected chi connectivity index (χ4v) is 4.46. The molecular weight excluding hydrogens is 298 g/mol. The van der Waals surface area contributed by atoms with Gasteiger partial charge in [-0.15, -0.1) is 0 Å². The normalized spacial score (nSPS) is 22.8. The molecule has 22 heavy (non-hydrogen) atoms. The first-order chi connectivity index (χ1) is 10.5. The molecule has 2 unspecified atom stereocenters. The SMILES string of the molecule is Cc1cnc2c(S(=O)(=O)NC3CCCNC3C)cccc2c1. The van der Waals surface area contributed by atoms with Crippen LogP contribution in [0.15, 0.2) is 35.4 Å². The fourth-order valence-electron chi connectivity index (χ4n) is 2.93. The van der Waals surface area contributed by atoms with Crippen molar-refractivity contribution in [3.63, 3.8) is 0 Å². The van der Waals surface area contributed by atoms with Gasteiger partial charge in [-0.3, -0.25) is 4.98 Å². The number of aryl methyl sites for hydroxylation is 1. The van der Waals surface area contributed by atoms with Gasteiger partial charge in [0.1, 0.15) is 4.90 Å². The van der Waals surface area contributed by atoms with Crippen molar-refractivity contribution in [1.82, 2.24) is 15.0 Å². The molecule has 0 amide bonds. The first-order valence-corrected chi connectivity index (χ1v) is 9.07. The molecule has 5 nitrogen and oxygen atoms in total. The van der Waals surface area contributed by atoms with E-state index in [1.807, 2.05) is 26.0 Å². The Morgan fingerprint density at radius 2 is 2.18 bits per heavy atom. The molecule has 1 aliphatic heterocycles. The number of nitrogens with one attached hydrogen (secondary N) is 2. The second-order valence-corrected chi connectivity index (χ2v) is 7.64. The van der Waals surface area contributed by atoms with E-state index in [1.165, 1.54) is 0 Å². The van der Waals surface area contributed by atoms with Gasteiger partial charge in [0.25, 0.3) is 0 Å². The van der Waals surface area contributed by atoms with E-state index in [9.17, 15) is 8.42 Å². The summed E-state index contributed by atoms with van der Waals surface area (Å²) in [5.41, 5.74) is 1.54. The summed E-state index contributed by atoms with van der Waals surface area (Å²) < 4.78 is 28.4. The van der Waals surface area contributed by atoms with Crippen LogP contribution in [0.2, 0.25) is 0 Å². The molecule has 0 saturated carbocycles. The highest BCUT2D eigenvalue weighted by Gasteiger charge is 2.27. The molecule has 1 aromatic heterocycles. The number of pyridine rings is 1. The molecule has 0 bridgehead atoms. The minimum absolute atomic E-state index is 0.0838. The molecule has 6 heteroatoms. The Hall–Kier alpha value is -1.50. The first-order valence-electron chi connectivity index (χ1n) is 7.58. The molecule has 0 spiro atoms. The first kappa shape index (κ1) is 15.4. The highest BCUT2D eigenvalue weighted by molar-refractivity contribution is 7.89. The van der Waals surface area contributed by atoms with E-state index < -0.39 is 10.0 Å². The van der Waals surface area contributed by atoms with Crippen LogP contribution in [0.1, 0.15) is 25.3 Å². The molecule has 2 atom stereocenters. The zero-order valence-electron chi connectivity index (χ0n) is 12.8. The van der Waals surface area contributed by atoms with Gasteiger partial charge in [0, 0.05) is 23.7 Å². The zero-order valence-corrected chi connectivity index (χ0v) is 13.7. The van der Waals surface area contributed by atoms with Gasteiger partial charge in [-0.25, -0.2) is 13.1 Å². The van der Waals surface area contributed by atoms with Crippen LogP contribution in [0.25, 0.3) is 10.9 Å². The number of rotatable bonds is 3. The Kier molecular flexibility index (Phi) is 4.16. The van der Waals surface area contributed by atoms with Crippen LogP contribution in [-0.2, 0) is 10.0 Å². The Bertz CT molecular complexity index is 789. The molecular formula is C16H21N3O2S. The number of para-hydroxylation sites is 1. The largest absolute Gasteiger partial charge is 0.313 e. The lowest BCUT2D eigenvalue weighted by Crippen LogP contribution is -2.51.